The smallest absolute Gasteiger partial charge is 0.207 e. The topological polar surface area (TPSA) is 34.1 Å². The number of hydrogen-bond donors (Lipinski definition) is 0. The summed E-state index contributed by atoms with van der Waals surface area (Å²) in [6.45, 7) is 0. The summed E-state index contributed by atoms with van der Waals surface area (Å²) in [4.78, 5) is 0.0633. The van der Waals surface area contributed by atoms with Gasteiger partial charge in [0.05, 0.1) is 4.90 Å². The quantitative estimate of drug-likeness (QED) is 0.470. The molecule has 0 fully saturated rings. The van der Waals surface area contributed by atoms with E-state index in [1.165, 1.54) is 24.3 Å². The molecule has 2 radical (unpaired) electrons. The molecule has 0 N–H and O–H groups in total. The van der Waals surface area contributed by atoms with Gasteiger partial charge in [0.15, 0.2) is 0 Å². The molecule has 1 aromatic carbocycles. The maximum Gasteiger partial charge on any atom is 0.261 e. The Morgan fingerprint density at radius 2 is 1.64 bits per heavy atom. The molecule has 0 aliphatic rings. The first-order valence-electron chi connectivity index (χ1n) is 2.80. The Labute approximate surface area is 71.0 Å². The van der Waals surface area contributed by atoms with E-state index in [-0.39, 0.29) is 4.90 Å². The van der Waals surface area contributed by atoms with E-state index < -0.39 is 9.05 Å². The summed E-state index contributed by atoms with van der Waals surface area (Å²) in [6, 6.07) is 5.68. The van der Waals surface area contributed by atoms with Crippen LogP contribution in [-0.2, 0) is 9.05 Å². The average molecular weight is 186 g/mol. The molecule has 0 heterocycles. The van der Waals surface area contributed by atoms with Gasteiger partial charge in [0.2, 0.25) is 0 Å². The van der Waals surface area contributed by atoms with E-state index in [9.17, 15) is 8.42 Å². The molecule has 2 nitrogen and oxygen atoms in total. The van der Waals surface area contributed by atoms with Crippen LogP contribution in [0.1, 0.15) is 0 Å². The van der Waals surface area contributed by atoms with Gasteiger partial charge in [-0.3, -0.25) is 0 Å². The molecule has 0 unspecified atom stereocenters. The molecule has 0 aromatic heterocycles. The molecule has 0 aliphatic carbocycles. The van der Waals surface area contributed by atoms with E-state index in [1.807, 2.05) is 0 Å². The summed E-state index contributed by atoms with van der Waals surface area (Å²) in [5.74, 6) is 0. The Kier molecular flexibility index (Phi) is 2.25. The summed E-state index contributed by atoms with van der Waals surface area (Å²) >= 11 is 0. The Morgan fingerprint density at radius 3 is 2.00 bits per heavy atom. The van der Waals surface area contributed by atoms with Gasteiger partial charge in [0.25, 0.3) is 9.05 Å². The van der Waals surface area contributed by atoms with Crippen molar-refractivity contribution in [2.75, 3.05) is 0 Å². The van der Waals surface area contributed by atoms with Crippen LogP contribution in [-0.4, -0.2) is 16.3 Å². The lowest BCUT2D eigenvalue weighted by atomic mass is 9.97. The van der Waals surface area contributed by atoms with Crippen LogP contribution in [0.15, 0.2) is 29.2 Å². The van der Waals surface area contributed by atoms with Crippen LogP contribution in [0.5, 0.6) is 0 Å². The second-order valence-electron chi connectivity index (χ2n) is 2.01. The fourth-order valence-electron chi connectivity index (χ4n) is 0.630. The summed E-state index contributed by atoms with van der Waals surface area (Å²) < 4.78 is 21.3. The van der Waals surface area contributed by atoms with Crippen LogP contribution in [0.25, 0.3) is 0 Å². The lowest BCUT2D eigenvalue weighted by Crippen LogP contribution is -2.01. The summed E-state index contributed by atoms with van der Waals surface area (Å²) in [6.07, 6.45) is 0. The van der Waals surface area contributed by atoms with Gasteiger partial charge in [-0.1, -0.05) is 17.6 Å². The maximum atomic E-state index is 10.7. The minimum Gasteiger partial charge on any atom is -0.207 e. The predicted octanol–water partition coefficient (Wildman–Crippen LogP) is 0.408. The van der Waals surface area contributed by atoms with Gasteiger partial charge < -0.3 is 0 Å². The molecule has 0 amide bonds. The molecule has 56 valence electrons. The van der Waals surface area contributed by atoms with Crippen molar-refractivity contribution in [1.82, 2.24) is 0 Å². The van der Waals surface area contributed by atoms with E-state index in [0.29, 0.717) is 5.46 Å². The zero-order chi connectivity index (χ0) is 8.48. The average Bonchev–Trinajstić information content (AvgIpc) is 1.86. The molecule has 1 aromatic rings. The molecular weight excluding hydrogens is 182 g/mol. The van der Waals surface area contributed by atoms with Gasteiger partial charge in [-0.15, -0.1) is 0 Å². The number of halogens is 1. The Hall–Kier alpha value is -0.475. The van der Waals surface area contributed by atoms with Crippen molar-refractivity contribution < 1.29 is 8.42 Å². The standard InChI is InChI=1S/C6H4BClO2S/c7-5-1-3-6(4-2-5)11(8,9)10/h1-4H. The summed E-state index contributed by atoms with van der Waals surface area (Å²) in [7, 11) is 6.77. The first-order chi connectivity index (χ1) is 5.00. The third-order valence-electron chi connectivity index (χ3n) is 1.16. The van der Waals surface area contributed by atoms with Crippen molar-refractivity contribution in [1.29, 1.82) is 0 Å². The molecule has 11 heavy (non-hydrogen) atoms. The van der Waals surface area contributed by atoms with E-state index in [2.05, 4.69) is 0 Å². The van der Waals surface area contributed by atoms with Crippen molar-refractivity contribution in [2.45, 2.75) is 4.90 Å². The third kappa shape index (κ3) is 2.24. The number of benzene rings is 1. The SMILES string of the molecule is [B]c1ccc(S(=O)(=O)Cl)cc1. The second kappa shape index (κ2) is 2.87. The lowest BCUT2D eigenvalue weighted by molar-refractivity contribution is 0.609. The van der Waals surface area contributed by atoms with Crippen molar-refractivity contribution in [3.05, 3.63) is 24.3 Å². The zero-order valence-electron chi connectivity index (χ0n) is 5.49. The molecule has 0 aliphatic heterocycles. The van der Waals surface area contributed by atoms with Crippen molar-refractivity contribution >= 4 is 33.0 Å². The maximum absolute atomic E-state index is 10.7. The number of rotatable bonds is 1. The van der Waals surface area contributed by atoms with Crippen LogP contribution in [0.4, 0.5) is 0 Å². The summed E-state index contributed by atoms with van der Waals surface area (Å²) in [5, 5.41) is 0. The van der Waals surface area contributed by atoms with Crippen LogP contribution in [0.3, 0.4) is 0 Å². The van der Waals surface area contributed by atoms with Gasteiger partial charge >= 0.3 is 0 Å². The highest BCUT2D eigenvalue weighted by Gasteiger charge is 2.07. The van der Waals surface area contributed by atoms with E-state index in [4.69, 9.17) is 18.5 Å². The van der Waals surface area contributed by atoms with Crippen LogP contribution >= 0.6 is 10.7 Å². The zero-order valence-corrected chi connectivity index (χ0v) is 7.06. The third-order valence-corrected chi connectivity index (χ3v) is 2.53. The van der Waals surface area contributed by atoms with Crippen molar-refractivity contribution in [3.63, 3.8) is 0 Å². The first kappa shape index (κ1) is 8.62. The molecule has 0 atom stereocenters. The molecule has 0 bridgehead atoms. The molecule has 5 heteroatoms. The highest BCUT2D eigenvalue weighted by molar-refractivity contribution is 8.13. The van der Waals surface area contributed by atoms with E-state index >= 15 is 0 Å². The minimum atomic E-state index is -3.60. The second-order valence-corrected chi connectivity index (χ2v) is 4.57. The van der Waals surface area contributed by atoms with Crippen molar-refractivity contribution in [3.8, 4) is 0 Å². The van der Waals surface area contributed by atoms with Crippen LogP contribution in [0.2, 0.25) is 0 Å². The van der Waals surface area contributed by atoms with E-state index in [0.717, 1.165) is 0 Å². The monoisotopic (exact) mass is 186 g/mol. The lowest BCUT2D eigenvalue weighted by Gasteiger charge is -1.95. The van der Waals surface area contributed by atoms with Gasteiger partial charge in [-0.2, -0.15) is 0 Å². The van der Waals surface area contributed by atoms with Gasteiger partial charge in [-0.25, -0.2) is 8.42 Å². The molecular formula is C6H4BClO2S. The molecule has 0 spiro atoms. The van der Waals surface area contributed by atoms with Gasteiger partial charge in [0.1, 0.15) is 7.85 Å². The minimum absolute atomic E-state index is 0.0633. The van der Waals surface area contributed by atoms with Crippen LogP contribution < -0.4 is 5.46 Å². The van der Waals surface area contributed by atoms with Gasteiger partial charge in [0, 0.05) is 10.7 Å². The fourth-order valence-corrected chi connectivity index (χ4v) is 1.40. The van der Waals surface area contributed by atoms with Crippen LogP contribution in [0, 0.1) is 0 Å². The molecule has 0 saturated heterocycles. The van der Waals surface area contributed by atoms with Crippen molar-refractivity contribution in [2.24, 2.45) is 0 Å². The predicted molar refractivity (Wildman–Crippen MR) is 44.9 cm³/mol. The van der Waals surface area contributed by atoms with E-state index in [1.54, 1.807) is 0 Å². The fraction of sp³-hybridized carbons (Fsp3) is 0. The number of hydrogen-bond acceptors (Lipinski definition) is 2. The first-order valence-corrected chi connectivity index (χ1v) is 5.11. The Morgan fingerprint density at radius 1 is 1.18 bits per heavy atom. The highest BCUT2D eigenvalue weighted by Crippen LogP contribution is 2.11. The molecule has 0 saturated carbocycles. The normalized spacial score (nSPS) is 11.4. The Balaban J connectivity index is 3.20. The molecule has 1 rings (SSSR count). The van der Waals surface area contributed by atoms with Gasteiger partial charge in [-0.05, 0) is 12.1 Å². The summed E-state index contributed by atoms with van der Waals surface area (Å²) in [5.41, 5.74) is 0.508. The highest BCUT2D eigenvalue weighted by atomic mass is 35.7. The largest absolute Gasteiger partial charge is 0.261 e. The Bertz CT molecular complexity index is 343.